The highest BCUT2D eigenvalue weighted by atomic mass is 35.5. The Labute approximate surface area is 109 Å². The Morgan fingerprint density at radius 1 is 1.56 bits per heavy atom. The Balaban J connectivity index is 2.10. The number of hydrogen-bond donors (Lipinski definition) is 2. The normalized spacial score (nSPS) is 10.1. The number of amides is 1. The van der Waals surface area contributed by atoms with Crippen LogP contribution in [0.2, 0.25) is 5.02 Å². The smallest absolute Gasteiger partial charge is 0.255 e. The third kappa shape index (κ3) is 2.81. The van der Waals surface area contributed by atoms with Crippen LogP contribution in [-0.4, -0.2) is 23.2 Å². The molecule has 0 saturated heterocycles. The minimum absolute atomic E-state index is 0.240. The zero-order valence-electron chi connectivity index (χ0n) is 9.74. The molecular weight excluding hydrogens is 254 g/mol. The van der Waals surface area contributed by atoms with E-state index < -0.39 is 0 Å². The minimum Gasteiger partial charge on any atom is -0.496 e. The number of methoxy groups -OCH3 is 1. The largest absolute Gasteiger partial charge is 0.496 e. The molecular formula is C12H12ClN3O2. The zero-order valence-corrected chi connectivity index (χ0v) is 10.5. The van der Waals surface area contributed by atoms with Crippen LogP contribution in [0.3, 0.4) is 0 Å². The van der Waals surface area contributed by atoms with Crippen molar-refractivity contribution in [3.63, 3.8) is 0 Å². The molecule has 1 amide bonds. The molecule has 0 aliphatic rings. The predicted octanol–water partition coefficient (Wildman–Crippen LogP) is 2.00. The predicted molar refractivity (Wildman–Crippen MR) is 67.8 cm³/mol. The summed E-state index contributed by atoms with van der Waals surface area (Å²) < 4.78 is 5.12. The first-order valence-electron chi connectivity index (χ1n) is 5.30. The lowest BCUT2D eigenvalue weighted by atomic mass is 10.2. The average Bonchev–Trinajstić information content (AvgIpc) is 2.89. The van der Waals surface area contributed by atoms with Gasteiger partial charge in [-0.3, -0.25) is 9.89 Å². The van der Waals surface area contributed by atoms with E-state index in [1.807, 2.05) is 0 Å². The Kier molecular flexibility index (Phi) is 3.84. The van der Waals surface area contributed by atoms with E-state index >= 15 is 0 Å². The third-order valence-corrected chi connectivity index (χ3v) is 2.65. The zero-order chi connectivity index (χ0) is 13.0. The lowest BCUT2D eigenvalue weighted by molar-refractivity contribution is 0.0948. The Morgan fingerprint density at radius 2 is 2.39 bits per heavy atom. The van der Waals surface area contributed by atoms with Gasteiger partial charge >= 0.3 is 0 Å². The molecule has 0 aliphatic carbocycles. The second-order valence-corrected chi connectivity index (χ2v) is 4.07. The van der Waals surface area contributed by atoms with Gasteiger partial charge in [0.15, 0.2) is 0 Å². The molecule has 0 bridgehead atoms. The summed E-state index contributed by atoms with van der Waals surface area (Å²) in [7, 11) is 1.51. The van der Waals surface area contributed by atoms with Gasteiger partial charge in [0.2, 0.25) is 0 Å². The maximum absolute atomic E-state index is 12.0. The molecule has 5 nitrogen and oxygen atoms in total. The van der Waals surface area contributed by atoms with Crippen molar-refractivity contribution in [2.75, 3.05) is 7.11 Å². The van der Waals surface area contributed by atoms with Crippen molar-refractivity contribution in [2.45, 2.75) is 6.54 Å². The summed E-state index contributed by atoms with van der Waals surface area (Å²) in [5.41, 5.74) is 1.30. The number of nitrogens with zero attached hydrogens (tertiary/aromatic N) is 1. The van der Waals surface area contributed by atoms with Crippen LogP contribution in [0.1, 0.15) is 15.9 Å². The molecule has 0 unspecified atom stereocenters. The summed E-state index contributed by atoms with van der Waals surface area (Å²) in [6, 6.07) is 4.91. The van der Waals surface area contributed by atoms with E-state index in [0.29, 0.717) is 22.9 Å². The number of carbonyl (C=O) groups excluding carboxylic acids is 1. The highest BCUT2D eigenvalue weighted by Gasteiger charge is 2.12. The molecule has 0 radical (unpaired) electrons. The van der Waals surface area contributed by atoms with Gasteiger partial charge in [0.1, 0.15) is 5.75 Å². The van der Waals surface area contributed by atoms with E-state index in [1.165, 1.54) is 7.11 Å². The van der Waals surface area contributed by atoms with Crippen LogP contribution in [0.4, 0.5) is 0 Å². The lowest BCUT2D eigenvalue weighted by Gasteiger charge is -2.09. The molecule has 0 aliphatic heterocycles. The topological polar surface area (TPSA) is 67.0 Å². The van der Waals surface area contributed by atoms with Gasteiger partial charge in [-0.2, -0.15) is 5.10 Å². The molecule has 1 heterocycles. The van der Waals surface area contributed by atoms with Crippen LogP contribution < -0.4 is 10.1 Å². The monoisotopic (exact) mass is 265 g/mol. The molecule has 18 heavy (non-hydrogen) atoms. The van der Waals surface area contributed by atoms with Gasteiger partial charge in [0.05, 0.1) is 18.9 Å². The number of ether oxygens (including phenoxy) is 1. The van der Waals surface area contributed by atoms with E-state index in [9.17, 15) is 4.79 Å². The average molecular weight is 266 g/mol. The molecule has 2 rings (SSSR count). The SMILES string of the molecule is COc1ccc(Cl)cc1C(=O)NCc1cn[nH]c1. The van der Waals surface area contributed by atoms with Crippen molar-refractivity contribution in [1.29, 1.82) is 0 Å². The Bertz CT molecular complexity index is 540. The van der Waals surface area contributed by atoms with Crippen LogP contribution in [0.25, 0.3) is 0 Å². The number of carbonyl (C=O) groups is 1. The van der Waals surface area contributed by atoms with Crippen molar-refractivity contribution in [2.24, 2.45) is 0 Å². The molecule has 6 heteroatoms. The number of benzene rings is 1. The molecule has 0 fully saturated rings. The second-order valence-electron chi connectivity index (χ2n) is 3.63. The quantitative estimate of drug-likeness (QED) is 0.889. The van der Waals surface area contributed by atoms with Crippen LogP contribution >= 0.6 is 11.6 Å². The molecule has 2 aromatic rings. The summed E-state index contributed by atoms with van der Waals surface area (Å²) in [6.07, 6.45) is 3.37. The lowest BCUT2D eigenvalue weighted by Crippen LogP contribution is -2.23. The molecule has 1 aromatic heterocycles. The highest BCUT2D eigenvalue weighted by molar-refractivity contribution is 6.31. The number of aromatic nitrogens is 2. The fourth-order valence-corrected chi connectivity index (χ4v) is 1.68. The number of rotatable bonds is 4. The number of nitrogens with one attached hydrogen (secondary N) is 2. The van der Waals surface area contributed by atoms with Gasteiger partial charge in [-0.15, -0.1) is 0 Å². The van der Waals surface area contributed by atoms with Crippen LogP contribution in [0, 0.1) is 0 Å². The maximum atomic E-state index is 12.0. The summed E-state index contributed by atoms with van der Waals surface area (Å²) in [6.45, 7) is 0.394. The van der Waals surface area contributed by atoms with Gasteiger partial charge in [-0.1, -0.05) is 11.6 Å². The van der Waals surface area contributed by atoms with Gasteiger partial charge in [-0.05, 0) is 18.2 Å². The molecule has 0 atom stereocenters. The van der Waals surface area contributed by atoms with Crippen molar-refractivity contribution in [1.82, 2.24) is 15.5 Å². The Hall–Kier alpha value is -2.01. The molecule has 94 valence electrons. The van der Waals surface area contributed by atoms with Crippen LogP contribution in [-0.2, 0) is 6.54 Å². The van der Waals surface area contributed by atoms with Crippen LogP contribution in [0.5, 0.6) is 5.75 Å². The van der Waals surface area contributed by atoms with E-state index in [-0.39, 0.29) is 5.91 Å². The molecule has 0 spiro atoms. The molecule has 2 N–H and O–H groups in total. The van der Waals surface area contributed by atoms with Crippen molar-refractivity contribution >= 4 is 17.5 Å². The van der Waals surface area contributed by atoms with Crippen LogP contribution in [0.15, 0.2) is 30.6 Å². The Morgan fingerprint density at radius 3 is 3.06 bits per heavy atom. The van der Waals surface area contributed by atoms with Crippen molar-refractivity contribution < 1.29 is 9.53 Å². The summed E-state index contributed by atoms with van der Waals surface area (Å²) in [5.74, 6) is 0.250. The minimum atomic E-state index is -0.240. The van der Waals surface area contributed by atoms with Gasteiger partial charge in [0, 0.05) is 23.3 Å². The molecule has 1 aromatic carbocycles. The fourth-order valence-electron chi connectivity index (χ4n) is 1.51. The summed E-state index contributed by atoms with van der Waals surface area (Å²) in [4.78, 5) is 12.0. The van der Waals surface area contributed by atoms with E-state index in [1.54, 1.807) is 30.6 Å². The number of aromatic amines is 1. The van der Waals surface area contributed by atoms with Crippen molar-refractivity contribution in [3.8, 4) is 5.75 Å². The first-order valence-corrected chi connectivity index (χ1v) is 5.68. The van der Waals surface area contributed by atoms with E-state index in [2.05, 4.69) is 15.5 Å². The van der Waals surface area contributed by atoms with E-state index in [4.69, 9.17) is 16.3 Å². The second kappa shape index (κ2) is 5.55. The highest BCUT2D eigenvalue weighted by Crippen LogP contribution is 2.22. The first-order chi connectivity index (χ1) is 8.70. The van der Waals surface area contributed by atoms with E-state index in [0.717, 1.165) is 5.56 Å². The third-order valence-electron chi connectivity index (χ3n) is 2.41. The first kappa shape index (κ1) is 12.4. The maximum Gasteiger partial charge on any atom is 0.255 e. The molecule has 0 saturated carbocycles. The van der Waals surface area contributed by atoms with Gasteiger partial charge in [-0.25, -0.2) is 0 Å². The fraction of sp³-hybridized carbons (Fsp3) is 0.167. The summed E-state index contributed by atoms with van der Waals surface area (Å²) in [5, 5.41) is 9.73. The number of hydrogen-bond acceptors (Lipinski definition) is 3. The van der Waals surface area contributed by atoms with Crippen molar-refractivity contribution in [3.05, 3.63) is 46.7 Å². The van der Waals surface area contributed by atoms with Gasteiger partial charge < -0.3 is 10.1 Å². The van der Waals surface area contributed by atoms with Gasteiger partial charge in [0.25, 0.3) is 5.91 Å². The standard InChI is InChI=1S/C12H12ClN3O2/c1-18-11-3-2-9(13)4-10(11)12(17)14-5-8-6-15-16-7-8/h2-4,6-7H,5H2,1H3,(H,14,17)(H,15,16). The number of H-pyrrole nitrogens is 1. The summed E-state index contributed by atoms with van der Waals surface area (Å²) >= 11 is 5.87. The number of halogens is 1.